The number of carboxylic acid groups (broad SMARTS) is 1. The van der Waals surface area contributed by atoms with Gasteiger partial charge in [-0.15, -0.1) is 0 Å². The Morgan fingerprint density at radius 2 is 2.14 bits per heavy atom. The van der Waals surface area contributed by atoms with Crippen LogP contribution in [-0.2, 0) is 39.1 Å². The van der Waals surface area contributed by atoms with E-state index in [-0.39, 0.29) is 11.5 Å². The molecule has 0 saturated heterocycles. The van der Waals surface area contributed by atoms with Crippen LogP contribution in [0.3, 0.4) is 0 Å². The van der Waals surface area contributed by atoms with E-state index in [0.29, 0.717) is 6.54 Å². The first-order valence-corrected chi connectivity index (χ1v) is 8.26. The van der Waals surface area contributed by atoms with Gasteiger partial charge in [-0.2, -0.15) is 5.10 Å². The van der Waals surface area contributed by atoms with Crippen LogP contribution in [0.25, 0.3) is 0 Å². The molecule has 1 heterocycles. The van der Waals surface area contributed by atoms with Gasteiger partial charge >= 0.3 is 5.97 Å². The lowest BCUT2D eigenvalue weighted by Crippen LogP contribution is -2.43. The Morgan fingerprint density at radius 1 is 1.48 bits per heavy atom. The van der Waals surface area contributed by atoms with E-state index >= 15 is 0 Å². The summed E-state index contributed by atoms with van der Waals surface area (Å²) >= 11 is 0. The van der Waals surface area contributed by atoms with Crippen molar-refractivity contribution in [2.75, 3.05) is 5.75 Å². The molecule has 0 aliphatic rings. The minimum Gasteiger partial charge on any atom is -0.480 e. The van der Waals surface area contributed by atoms with Gasteiger partial charge in [0, 0.05) is 24.3 Å². The summed E-state index contributed by atoms with van der Waals surface area (Å²) in [5.41, 5.74) is 1.74. The van der Waals surface area contributed by atoms with Crippen LogP contribution >= 0.6 is 0 Å². The van der Waals surface area contributed by atoms with Crippen molar-refractivity contribution in [1.29, 1.82) is 0 Å². The average Bonchev–Trinajstić information content (AvgIpc) is 2.79. The molecule has 0 radical (unpaired) electrons. The van der Waals surface area contributed by atoms with E-state index in [2.05, 4.69) is 10.4 Å². The second-order valence-electron chi connectivity index (χ2n) is 4.64. The van der Waals surface area contributed by atoms with E-state index in [4.69, 9.17) is 5.11 Å². The van der Waals surface area contributed by atoms with Gasteiger partial charge in [0.05, 0.1) is 22.9 Å². The number of amides is 1. The van der Waals surface area contributed by atoms with Gasteiger partial charge in [0.2, 0.25) is 5.91 Å². The van der Waals surface area contributed by atoms with Gasteiger partial charge in [-0.05, 0) is 19.4 Å². The van der Waals surface area contributed by atoms with Gasteiger partial charge in [0.15, 0.2) is 0 Å². The number of carbonyl (C=O) groups is 2. The molecule has 0 aromatic carbocycles. The summed E-state index contributed by atoms with van der Waals surface area (Å²) in [5.74, 6) is -1.53. The molecule has 0 fully saturated rings. The highest BCUT2D eigenvalue weighted by Gasteiger charge is 2.22. The molecular weight excluding hydrogens is 294 g/mol. The first kappa shape index (κ1) is 17.4. The maximum Gasteiger partial charge on any atom is 0.327 e. The molecule has 2 unspecified atom stereocenters. The maximum absolute atomic E-state index is 12.1. The Balaban J connectivity index is 2.73. The van der Waals surface area contributed by atoms with Crippen LogP contribution in [0.1, 0.15) is 32.2 Å². The summed E-state index contributed by atoms with van der Waals surface area (Å²) < 4.78 is 13.9. The maximum atomic E-state index is 12.1. The molecule has 1 amide bonds. The second kappa shape index (κ2) is 7.92. The van der Waals surface area contributed by atoms with Crippen molar-refractivity contribution in [3.63, 3.8) is 0 Å². The molecule has 1 aromatic heterocycles. The third kappa shape index (κ3) is 5.30. The number of nitrogens with zero attached hydrogens (tertiary/aromatic N) is 2. The zero-order valence-corrected chi connectivity index (χ0v) is 13.3. The van der Waals surface area contributed by atoms with Crippen LogP contribution in [0.5, 0.6) is 0 Å². The zero-order valence-electron chi connectivity index (χ0n) is 12.5. The average molecular weight is 315 g/mol. The smallest absolute Gasteiger partial charge is 0.327 e. The van der Waals surface area contributed by atoms with Gasteiger partial charge in [0.25, 0.3) is 0 Å². The van der Waals surface area contributed by atoms with Crippen molar-refractivity contribution in [2.45, 2.75) is 45.5 Å². The van der Waals surface area contributed by atoms with Crippen LogP contribution in [0.2, 0.25) is 0 Å². The summed E-state index contributed by atoms with van der Waals surface area (Å²) in [6.45, 7) is 5.83. The van der Waals surface area contributed by atoms with E-state index in [0.717, 1.165) is 17.8 Å². The van der Waals surface area contributed by atoms with Crippen molar-refractivity contribution in [1.82, 2.24) is 15.1 Å². The summed E-state index contributed by atoms with van der Waals surface area (Å²) in [7, 11) is -1.39. The molecular formula is C13H21N3O4S. The van der Waals surface area contributed by atoms with Crippen molar-refractivity contribution in [3.8, 4) is 0 Å². The van der Waals surface area contributed by atoms with Crippen LogP contribution in [0.15, 0.2) is 6.07 Å². The molecule has 21 heavy (non-hydrogen) atoms. The third-order valence-electron chi connectivity index (χ3n) is 2.91. The number of aryl methyl sites for hydroxylation is 2. The van der Waals surface area contributed by atoms with Gasteiger partial charge in [0.1, 0.15) is 6.04 Å². The Kier molecular flexibility index (Phi) is 6.54. The lowest BCUT2D eigenvalue weighted by atomic mass is 10.3. The van der Waals surface area contributed by atoms with Gasteiger partial charge in [-0.3, -0.25) is 13.7 Å². The minimum absolute atomic E-state index is 0.120. The van der Waals surface area contributed by atoms with Crippen LogP contribution in [-0.4, -0.2) is 42.8 Å². The van der Waals surface area contributed by atoms with Crippen molar-refractivity contribution in [3.05, 3.63) is 17.5 Å². The highest BCUT2D eigenvalue weighted by Crippen LogP contribution is 2.09. The predicted molar refractivity (Wildman–Crippen MR) is 79.2 cm³/mol. The molecule has 7 nitrogen and oxygen atoms in total. The molecule has 1 aromatic rings. The van der Waals surface area contributed by atoms with Crippen molar-refractivity contribution >= 4 is 22.7 Å². The first-order valence-electron chi connectivity index (χ1n) is 6.77. The number of carbonyl (C=O) groups excluding carboxylic acids is 1. The highest BCUT2D eigenvalue weighted by molar-refractivity contribution is 7.84. The fraction of sp³-hybridized carbons (Fsp3) is 0.615. The Labute approximate surface area is 126 Å². The van der Waals surface area contributed by atoms with Crippen molar-refractivity contribution < 1.29 is 18.9 Å². The lowest BCUT2D eigenvalue weighted by Gasteiger charge is -2.13. The van der Waals surface area contributed by atoms with Crippen LogP contribution in [0.4, 0.5) is 0 Å². The van der Waals surface area contributed by atoms with E-state index in [9.17, 15) is 13.8 Å². The quantitative estimate of drug-likeness (QED) is 0.718. The van der Waals surface area contributed by atoms with E-state index in [1.165, 1.54) is 6.92 Å². The standard InChI is InChI=1S/C13H21N3O4S/c1-4-10-6-11(16(5-2)15-10)7-21(20)8-12(13(18)19)14-9(3)17/h6,12H,4-5,7-8H2,1-3H3,(H,14,17)(H,18,19). The SMILES string of the molecule is CCc1cc(CS(=O)CC(NC(C)=O)C(=O)O)n(CC)n1. The van der Waals surface area contributed by atoms with Crippen molar-refractivity contribution in [2.24, 2.45) is 0 Å². The number of nitrogens with one attached hydrogen (secondary N) is 1. The first-order chi connectivity index (χ1) is 9.87. The fourth-order valence-corrected chi connectivity index (χ4v) is 3.19. The molecule has 0 saturated carbocycles. The summed E-state index contributed by atoms with van der Waals surface area (Å²) in [6.07, 6.45) is 0.788. The summed E-state index contributed by atoms with van der Waals surface area (Å²) in [5, 5.41) is 15.7. The number of carboxylic acids is 1. The molecule has 8 heteroatoms. The van der Waals surface area contributed by atoms with Gasteiger partial charge < -0.3 is 10.4 Å². The second-order valence-corrected chi connectivity index (χ2v) is 6.14. The summed E-state index contributed by atoms with van der Waals surface area (Å²) in [4.78, 5) is 22.0. The number of aliphatic carboxylic acids is 1. The van der Waals surface area contributed by atoms with Crippen LogP contribution in [0, 0.1) is 0 Å². The van der Waals surface area contributed by atoms with E-state index < -0.39 is 28.7 Å². The molecule has 0 aliphatic heterocycles. The predicted octanol–water partition coefficient (Wildman–Crippen LogP) is 0.303. The molecule has 0 bridgehead atoms. The van der Waals surface area contributed by atoms with Crippen LogP contribution < -0.4 is 5.32 Å². The molecule has 0 spiro atoms. The largest absolute Gasteiger partial charge is 0.480 e. The Morgan fingerprint density at radius 3 is 2.62 bits per heavy atom. The lowest BCUT2D eigenvalue weighted by molar-refractivity contribution is -0.140. The monoisotopic (exact) mass is 315 g/mol. The Bertz CT molecular complexity index is 542. The third-order valence-corrected chi connectivity index (χ3v) is 4.24. The molecule has 2 atom stereocenters. The van der Waals surface area contributed by atoms with E-state index in [1.54, 1.807) is 4.68 Å². The molecule has 1 rings (SSSR count). The number of hydrogen-bond acceptors (Lipinski definition) is 4. The summed E-state index contributed by atoms with van der Waals surface area (Å²) in [6, 6.07) is 0.752. The fourth-order valence-electron chi connectivity index (χ4n) is 1.91. The normalized spacial score (nSPS) is 13.7. The molecule has 118 valence electrons. The highest BCUT2D eigenvalue weighted by atomic mass is 32.2. The molecule has 0 aliphatic carbocycles. The van der Waals surface area contributed by atoms with E-state index in [1.807, 2.05) is 19.9 Å². The number of aromatic nitrogens is 2. The topological polar surface area (TPSA) is 101 Å². The minimum atomic E-state index is -1.39. The molecule has 2 N–H and O–H groups in total. The Hall–Kier alpha value is -1.70. The van der Waals surface area contributed by atoms with Gasteiger partial charge in [-0.25, -0.2) is 4.79 Å². The van der Waals surface area contributed by atoms with Gasteiger partial charge in [-0.1, -0.05) is 6.92 Å². The zero-order chi connectivity index (χ0) is 16.0. The number of hydrogen-bond donors (Lipinski definition) is 2. The number of rotatable bonds is 8.